The Morgan fingerprint density at radius 1 is 0.943 bits per heavy atom. The number of carbonyl (C=O) groups excluding carboxylic acids is 2. The van der Waals surface area contributed by atoms with Gasteiger partial charge in [0.25, 0.3) is 5.91 Å². The second kappa shape index (κ2) is 9.74. The van der Waals surface area contributed by atoms with Crippen molar-refractivity contribution in [1.82, 2.24) is 14.7 Å². The van der Waals surface area contributed by atoms with E-state index in [9.17, 15) is 9.59 Å². The van der Waals surface area contributed by atoms with Crippen molar-refractivity contribution in [2.75, 3.05) is 19.7 Å². The maximum atomic E-state index is 13.0. The lowest BCUT2D eigenvalue weighted by Crippen LogP contribution is -2.37. The van der Waals surface area contributed by atoms with Crippen LogP contribution in [0.15, 0.2) is 72.8 Å². The molecule has 0 saturated carbocycles. The number of hydrogen-bond acceptors (Lipinski definition) is 4. The number of esters is 1. The summed E-state index contributed by atoms with van der Waals surface area (Å²) in [6.07, 6.45) is 2.09. The molecule has 35 heavy (non-hydrogen) atoms. The van der Waals surface area contributed by atoms with E-state index in [4.69, 9.17) is 4.74 Å². The number of fused-ring (bicyclic) bond motifs is 1. The van der Waals surface area contributed by atoms with Crippen LogP contribution in [0.3, 0.4) is 0 Å². The van der Waals surface area contributed by atoms with E-state index in [1.807, 2.05) is 47.4 Å². The van der Waals surface area contributed by atoms with Gasteiger partial charge in [-0.3, -0.25) is 4.79 Å². The molecule has 1 aromatic heterocycles. The zero-order valence-electron chi connectivity index (χ0n) is 20.1. The molecule has 4 aromatic rings. The van der Waals surface area contributed by atoms with Crippen LogP contribution in [0, 0.1) is 5.92 Å². The molecule has 0 spiro atoms. The van der Waals surface area contributed by atoms with Crippen molar-refractivity contribution in [3.8, 4) is 16.9 Å². The summed E-state index contributed by atoms with van der Waals surface area (Å²) in [6, 6.07) is 23.5. The summed E-state index contributed by atoms with van der Waals surface area (Å²) >= 11 is 0. The zero-order chi connectivity index (χ0) is 24.4. The van der Waals surface area contributed by atoms with Crippen molar-refractivity contribution in [2.24, 2.45) is 5.92 Å². The van der Waals surface area contributed by atoms with Crippen LogP contribution in [0.4, 0.5) is 0 Å². The molecule has 6 nitrogen and oxygen atoms in total. The standard InChI is InChI=1S/C29H29N3O3/c1-3-35-29(34)26-19-27(24-9-8-21-6-4-5-7-23(21)18-24)32(30-26)25-12-10-22(11-13-25)28(33)31-16-14-20(2)15-17-31/h4-13,18-20H,3,14-17H2,1-2H3. The molecule has 0 radical (unpaired) electrons. The van der Waals surface area contributed by atoms with Crippen LogP contribution in [0.1, 0.15) is 47.5 Å². The van der Waals surface area contributed by atoms with E-state index in [2.05, 4.69) is 36.3 Å². The summed E-state index contributed by atoms with van der Waals surface area (Å²) in [4.78, 5) is 27.4. The van der Waals surface area contributed by atoms with Crippen molar-refractivity contribution < 1.29 is 14.3 Å². The highest BCUT2D eigenvalue weighted by molar-refractivity contribution is 5.94. The fourth-order valence-corrected chi connectivity index (χ4v) is 4.58. The highest BCUT2D eigenvalue weighted by atomic mass is 16.5. The largest absolute Gasteiger partial charge is 0.461 e. The first-order chi connectivity index (χ1) is 17.0. The average molecular weight is 468 g/mol. The van der Waals surface area contributed by atoms with Gasteiger partial charge in [-0.05, 0) is 72.9 Å². The van der Waals surface area contributed by atoms with Gasteiger partial charge in [-0.1, -0.05) is 43.3 Å². The molecule has 5 rings (SSSR count). The van der Waals surface area contributed by atoms with Gasteiger partial charge in [-0.15, -0.1) is 0 Å². The number of aromatic nitrogens is 2. The van der Waals surface area contributed by atoms with Crippen LogP contribution < -0.4 is 0 Å². The Morgan fingerprint density at radius 2 is 1.66 bits per heavy atom. The first-order valence-corrected chi connectivity index (χ1v) is 12.2. The Morgan fingerprint density at radius 3 is 2.37 bits per heavy atom. The fourth-order valence-electron chi connectivity index (χ4n) is 4.58. The fraction of sp³-hybridized carbons (Fsp3) is 0.276. The lowest BCUT2D eigenvalue weighted by molar-refractivity contribution is 0.0518. The van der Waals surface area contributed by atoms with E-state index in [1.54, 1.807) is 17.7 Å². The van der Waals surface area contributed by atoms with Gasteiger partial charge in [0.05, 0.1) is 18.0 Å². The van der Waals surface area contributed by atoms with E-state index in [-0.39, 0.29) is 18.2 Å². The number of amides is 1. The molecular weight excluding hydrogens is 438 g/mol. The number of likely N-dealkylation sites (tertiary alicyclic amines) is 1. The Labute approximate surface area is 205 Å². The second-order valence-corrected chi connectivity index (χ2v) is 9.13. The molecule has 0 unspecified atom stereocenters. The molecule has 1 fully saturated rings. The molecule has 0 aliphatic carbocycles. The summed E-state index contributed by atoms with van der Waals surface area (Å²) in [6.45, 7) is 5.89. The third kappa shape index (κ3) is 4.69. The van der Waals surface area contributed by atoms with Crippen LogP contribution in [-0.2, 0) is 4.74 Å². The summed E-state index contributed by atoms with van der Waals surface area (Å²) in [7, 11) is 0. The quantitative estimate of drug-likeness (QED) is 0.351. The van der Waals surface area contributed by atoms with Gasteiger partial charge in [0.15, 0.2) is 5.69 Å². The monoisotopic (exact) mass is 467 g/mol. The van der Waals surface area contributed by atoms with E-state index < -0.39 is 5.97 Å². The Balaban J connectivity index is 1.50. The summed E-state index contributed by atoms with van der Waals surface area (Å²) < 4.78 is 6.94. The van der Waals surface area contributed by atoms with Crippen molar-refractivity contribution in [3.63, 3.8) is 0 Å². The van der Waals surface area contributed by atoms with Gasteiger partial charge in [-0.25, -0.2) is 9.48 Å². The Hall–Kier alpha value is -3.93. The topological polar surface area (TPSA) is 64.4 Å². The smallest absolute Gasteiger partial charge is 0.358 e. The Kier molecular flexibility index (Phi) is 6.36. The number of hydrogen-bond donors (Lipinski definition) is 0. The lowest BCUT2D eigenvalue weighted by atomic mass is 9.98. The first-order valence-electron chi connectivity index (χ1n) is 12.2. The average Bonchev–Trinajstić information content (AvgIpc) is 3.34. The normalized spacial score (nSPS) is 14.3. The molecule has 6 heteroatoms. The minimum atomic E-state index is -0.459. The third-order valence-electron chi connectivity index (χ3n) is 6.67. The van der Waals surface area contributed by atoms with Crippen molar-refractivity contribution in [1.29, 1.82) is 0 Å². The SMILES string of the molecule is CCOC(=O)c1cc(-c2ccc3ccccc3c2)n(-c2ccc(C(=O)N3CCC(C)CC3)cc2)n1. The van der Waals surface area contributed by atoms with Gasteiger partial charge in [0.1, 0.15) is 0 Å². The molecule has 3 aromatic carbocycles. The van der Waals surface area contributed by atoms with Crippen LogP contribution >= 0.6 is 0 Å². The van der Waals surface area contributed by atoms with Gasteiger partial charge < -0.3 is 9.64 Å². The number of carbonyl (C=O) groups is 2. The number of piperidine rings is 1. The number of nitrogens with zero attached hydrogens (tertiary/aromatic N) is 3. The maximum absolute atomic E-state index is 13.0. The van der Waals surface area contributed by atoms with Crippen molar-refractivity contribution in [2.45, 2.75) is 26.7 Å². The molecular formula is C29H29N3O3. The van der Waals surface area contributed by atoms with E-state index in [0.29, 0.717) is 11.5 Å². The lowest BCUT2D eigenvalue weighted by Gasteiger charge is -2.30. The van der Waals surface area contributed by atoms with Crippen LogP contribution in [0.2, 0.25) is 0 Å². The maximum Gasteiger partial charge on any atom is 0.358 e. The van der Waals surface area contributed by atoms with Gasteiger partial charge in [-0.2, -0.15) is 5.10 Å². The van der Waals surface area contributed by atoms with Crippen LogP contribution in [0.5, 0.6) is 0 Å². The van der Waals surface area contributed by atoms with Gasteiger partial charge in [0, 0.05) is 24.2 Å². The Bertz CT molecular complexity index is 1370. The molecule has 178 valence electrons. The highest BCUT2D eigenvalue weighted by Gasteiger charge is 2.22. The number of rotatable bonds is 5. The number of benzene rings is 3. The summed E-state index contributed by atoms with van der Waals surface area (Å²) in [5.74, 6) is 0.272. The highest BCUT2D eigenvalue weighted by Crippen LogP contribution is 2.28. The molecule has 0 atom stereocenters. The van der Waals surface area contributed by atoms with Crippen molar-refractivity contribution in [3.05, 3.63) is 84.1 Å². The zero-order valence-corrected chi connectivity index (χ0v) is 20.1. The van der Waals surface area contributed by atoms with Gasteiger partial charge >= 0.3 is 5.97 Å². The third-order valence-corrected chi connectivity index (χ3v) is 6.67. The van der Waals surface area contributed by atoms with Crippen LogP contribution in [-0.4, -0.2) is 46.3 Å². The minimum absolute atomic E-state index is 0.0610. The van der Waals surface area contributed by atoms with E-state index in [0.717, 1.165) is 53.6 Å². The predicted octanol–water partition coefficient (Wildman–Crippen LogP) is 5.74. The first kappa shape index (κ1) is 22.8. The molecule has 1 aliphatic heterocycles. The molecule has 1 saturated heterocycles. The molecule has 2 heterocycles. The van der Waals surface area contributed by atoms with Crippen molar-refractivity contribution >= 4 is 22.6 Å². The summed E-state index contributed by atoms with van der Waals surface area (Å²) in [5, 5.41) is 6.82. The summed E-state index contributed by atoms with van der Waals surface area (Å²) in [5.41, 5.74) is 3.40. The molecule has 1 aliphatic rings. The van der Waals surface area contributed by atoms with E-state index >= 15 is 0 Å². The minimum Gasteiger partial charge on any atom is -0.461 e. The molecule has 0 bridgehead atoms. The molecule has 1 amide bonds. The second-order valence-electron chi connectivity index (χ2n) is 9.13. The number of ether oxygens (including phenoxy) is 1. The predicted molar refractivity (Wildman–Crippen MR) is 137 cm³/mol. The van der Waals surface area contributed by atoms with E-state index in [1.165, 1.54) is 0 Å². The molecule has 0 N–H and O–H groups in total. The van der Waals surface area contributed by atoms with Gasteiger partial charge in [0.2, 0.25) is 0 Å². The van der Waals surface area contributed by atoms with Crippen LogP contribution in [0.25, 0.3) is 27.7 Å².